The normalized spacial score (nSPS) is 19.7. The number of carbonyl (C=O) groups excluding carboxylic acids is 1. The number of hydrogen-bond donors (Lipinski definition) is 2. The molecular weight excluding hydrogens is 383 g/mol. The maximum Gasteiger partial charge on any atom is 0.422 e. The van der Waals surface area contributed by atoms with Gasteiger partial charge in [-0.25, -0.2) is 4.98 Å². The molecule has 5 nitrogen and oxygen atoms in total. The molecule has 152 valence electrons. The predicted molar refractivity (Wildman–Crippen MR) is 101 cm³/mol. The summed E-state index contributed by atoms with van der Waals surface area (Å²) in [6.07, 6.45) is -2.21. The fourth-order valence-electron chi connectivity index (χ4n) is 3.42. The van der Waals surface area contributed by atoms with Gasteiger partial charge in [0.25, 0.3) is 0 Å². The van der Waals surface area contributed by atoms with Gasteiger partial charge in [0.05, 0.1) is 6.04 Å². The number of ether oxygens (including phenoxy) is 1. The molecule has 0 spiro atoms. The molecule has 0 unspecified atom stereocenters. The standard InChI is InChI=1S/C21H20F3N3O2/c1-12(14-6-7-19(25-10-14)29-11-21(22,23)24)26-20(28)16-9-15(16)18-8-13-4-2-3-5-17(13)27-18/h2-8,10,12,15-16,27H,9,11H2,1H3,(H,26,28)/t12-,15-,16-/m1/s1. The molecule has 1 aliphatic rings. The first-order chi connectivity index (χ1) is 13.8. The van der Waals surface area contributed by atoms with Crippen LogP contribution < -0.4 is 10.1 Å². The molecule has 1 fully saturated rings. The molecule has 0 aliphatic heterocycles. The number of carbonyl (C=O) groups is 1. The number of alkyl halides is 3. The van der Waals surface area contributed by atoms with Crippen molar-refractivity contribution in [1.82, 2.24) is 15.3 Å². The van der Waals surface area contributed by atoms with Gasteiger partial charge in [-0.05, 0) is 36.4 Å². The second-order valence-corrected chi connectivity index (χ2v) is 7.32. The van der Waals surface area contributed by atoms with Crippen LogP contribution in [0.1, 0.15) is 36.6 Å². The molecule has 4 rings (SSSR count). The Morgan fingerprint density at radius 2 is 2.10 bits per heavy atom. The second-order valence-electron chi connectivity index (χ2n) is 7.32. The molecule has 2 heterocycles. The molecule has 3 atom stereocenters. The molecule has 0 bridgehead atoms. The number of rotatable bonds is 6. The van der Waals surface area contributed by atoms with Crippen LogP contribution in [-0.2, 0) is 4.79 Å². The van der Waals surface area contributed by atoms with E-state index in [0.717, 1.165) is 23.0 Å². The van der Waals surface area contributed by atoms with E-state index in [-0.39, 0.29) is 29.7 Å². The zero-order chi connectivity index (χ0) is 20.6. The fraction of sp³-hybridized carbons (Fsp3) is 0.333. The number of H-pyrrole nitrogens is 1. The number of pyridine rings is 1. The third kappa shape index (κ3) is 4.52. The van der Waals surface area contributed by atoms with Crippen LogP contribution in [0.15, 0.2) is 48.7 Å². The molecular formula is C21H20F3N3O2. The Kier molecular flexibility index (Phi) is 4.94. The number of nitrogens with zero attached hydrogens (tertiary/aromatic N) is 1. The van der Waals surface area contributed by atoms with E-state index in [2.05, 4.69) is 26.1 Å². The summed E-state index contributed by atoms with van der Waals surface area (Å²) in [5.41, 5.74) is 2.81. The van der Waals surface area contributed by atoms with Crippen LogP contribution >= 0.6 is 0 Å². The van der Waals surface area contributed by atoms with E-state index in [0.29, 0.717) is 5.56 Å². The summed E-state index contributed by atoms with van der Waals surface area (Å²) in [6, 6.07) is 12.7. The summed E-state index contributed by atoms with van der Waals surface area (Å²) >= 11 is 0. The lowest BCUT2D eigenvalue weighted by molar-refractivity contribution is -0.154. The summed E-state index contributed by atoms with van der Waals surface area (Å²) < 4.78 is 41.2. The van der Waals surface area contributed by atoms with Crippen molar-refractivity contribution < 1.29 is 22.7 Å². The monoisotopic (exact) mass is 403 g/mol. The van der Waals surface area contributed by atoms with Crippen molar-refractivity contribution in [2.45, 2.75) is 31.5 Å². The van der Waals surface area contributed by atoms with E-state index in [1.807, 2.05) is 31.2 Å². The van der Waals surface area contributed by atoms with Crippen LogP contribution in [0.4, 0.5) is 13.2 Å². The molecule has 1 aromatic carbocycles. The summed E-state index contributed by atoms with van der Waals surface area (Å²) in [4.78, 5) is 19.8. The Labute approximate surface area is 165 Å². The molecule has 0 saturated heterocycles. The van der Waals surface area contributed by atoms with Crippen molar-refractivity contribution in [2.75, 3.05) is 6.61 Å². The number of amides is 1. The van der Waals surface area contributed by atoms with Crippen LogP contribution in [0.2, 0.25) is 0 Å². The number of para-hydroxylation sites is 1. The van der Waals surface area contributed by atoms with Gasteiger partial charge in [-0.3, -0.25) is 4.79 Å². The van der Waals surface area contributed by atoms with Gasteiger partial charge in [0.2, 0.25) is 11.8 Å². The first kappa shape index (κ1) is 19.3. The Balaban J connectivity index is 1.33. The highest BCUT2D eigenvalue weighted by Crippen LogP contribution is 2.48. The molecule has 2 aromatic heterocycles. The maximum absolute atomic E-state index is 12.6. The van der Waals surface area contributed by atoms with Crippen LogP contribution in [0.25, 0.3) is 10.9 Å². The van der Waals surface area contributed by atoms with Crippen molar-refractivity contribution in [3.05, 3.63) is 59.9 Å². The minimum Gasteiger partial charge on any atom is -0.468 e. The van der Waals surface area contributed by atoms with Gasteiger partial charge in [-0.2, -0.15) is 13.2 Å². The molecule has 2 N–H and O–H groups in total. The number of aromatic amines is 1. The van der Waals surface area contributed by atoms with Crippen molar-refractivity contribution in [1.29, 1.82) is 0 Å². The van der Waals surface area contributed by atoms with E-state index in [1.165, 1.54) is 12.3 Å². The van der Waals surface area contributed by atoms with Crippen LogP contribution in [-0.4, -0.2) is 28.7 Å². The smallest absolute Gasteiger partial charge is 0.422 e. The van der Waals surface area contributed by atoms with E-state index in [9.17, 15) is 18.0 Å². The number of hydrogen-bond acceptors (Lipinski definition) is 3. The van der Waals surface area contributed by atoms with E-state index < -0.39 is 12.8 Å². The second kappa shape index (κ2) is 7.42. The minimum absolute atomic E-state index is 0.0430. The van der Waals surface area contributed by atoms with E-state index >= 15 is 0 Å². The zero-order valence-electron chi connectivity index (χ0n) is 15.7. The number of aromatic nitrogens is 2. The third-order valence-corrected chi connectivity index (χ3v) is 5.08. The minimum atomic E-state index is -4.41. The van der Waals surface area contributed by atoms with Crippen molar-refractivity contribution in [2.24, 2.45) is 5.92 Å². The van der Waals surface area contributed by atoms with Crippen LogP contribution in [0.3, 0.4) is 0 Å². The van der Waals surface area contributed by atoms with Gasteiger partial charge < -0.3 is 15.0 Å². The average molecular weight is 403 g/mol. The van der Waals surface area contributed by atoms with Crippen molar-refractivity contribution in [3.8, 4) is 5.88 Å². The van der Waals surface area contributed by atoms with Crippen LogP contribution in [0, 0.1) is 5.92 Å². The van der Waals surface area contributed by atoms with Gasteiger partial charge >= 0.3 is 6.18 Å². The van der Waals surface area contributed by atoms with Crippen molar-refractivity contribution in [3.63, 3.8) is 0 Å². The molecule has 0 radical (unpaired) electrons. The third-order valence-electron chi connectivity index (χ3n) is 5.08. The predicted octanol–water partition coefficient (Wildman–Crippen LogP) is 4.48. The first-order valence-electron chi connectivity index (χ1n) is 9.34. The highest BCUT2D eigenvalue weighted by atomic mass is 19.4. The summed E-state index contributed by atoms with van der Waals surface area (Å²) in [5.74, 6) is -0.0667. The van der Waals surface area contributed by atoms with Gasteiger partial charge in [0.15, 0.2) is 6.61 Å². The Morgan fingerprint density at radius 3 is 2.79 bits per heavy atom. The van der Waals surface area contributed by atoms with Gasteiger partial charge in [0.1, 0.15) is 0 Å². The lowest BCUT2D eigenvalue weighted by Gasteiger charge is -2.15. The molecule has 29 heavy (non-hydrogen) atoms. The molecule has 1 saturated carbocycles. The fourth-order valence-corrected chi connectivity index (χ4v) is 3.42. The topological polar surface area (TPSA) is 67.0 Å². The van der Waals surface area contributed by atoms with E-state index in [1.54, 1.807) is 6.07 Å². The number of fused-ring (bicyclic) bond motifs is 1. The average Bonchev–Trinajstić information content (AvgIpc) is 3.38. The van der Waals surface area contributed by atoms with Gasteiger partial charge in [0, 0.05) is 35.3 Å². The van der Waals surface area contributed by atoms with E-state index in [4.69, 9.17) is 0 Å². The summed E-state index contributed by atoms with van der Waals surface area (Å²) in [6.45, 7) is 0.425. The van der Waals surface area contributed by atoms with Gasteiger partial charge in [-0.15, -0.1) is 0 Å². The van der Waals surface area contributed by atoms with Gasteiger partial charge in [-0.1, -0.05) is 24.3 Å². The number of nitrogens with one attached hydrogen (secondary N) is 2. The molecule has 8 heteroatoms. The molecule has 1 amide bonds. The Bertz CT molecular complexity index is 981. The quantitative estimate of drug-likeness (QED) is 0.638. The Morgan fingerprint density at radius 1 is 1.31 bits per heavy atom. The molecule has 1 aliphatic carbocycles. The highest BCUT2D eigenvalue weighted by Gasteiger charge is 2.45. The SMILES string of the molecule is C[C@@H](NC(=O)[C@@H]1C[C@H]1c1cc2ccccc2[nH]1)c1ccc(OCC(F)(F)F)nc1. The number of benzene rings is 1. The lowest BCUT2D eigenvalue weighted by atomic mass is 10.1. The molecule has 3 aromatic rings. The Hall–Kier alpha value is -3.03. The zero-order valence-corrected chi connectivity index (χ0v) is 15.7. The van der Waals surface area contributed by atoms with Crippen molar-refractivity contribution >= 4 is 16.8 Å². The largest absolute Gasteiger partial charge is 0.468 e. The van der Waals surface area contributed by atoms with Crippen LogP contribution in [0.5, 0.6) is 5.88 Å². The highest BCUT2D eigenvalue weighted by molar-refractivity contribution is 5.85. The summed E-state index contributed by atoms with van der Waals surface area (Å²) in [5, 5.41) is 4.08. The maximum atomic E-state index is 12.6. The summed E-state index contributed by atoms with van der Waals surface area (Å²) in [7, 11) is 0. The lowest BCUT2D eigenvalue weighted by Crippen LogP contribution is -2.28. The first-order valence-corrected chi connectivity index (χ1v) is 9.34. The number of halogens is 3.